The molecule has 1 heterocycles. The number of hydrogen-bond donors (Lipinski definition) is 2. The monoisotopic (exact) mass is 403 g/mol. The third kappa shape index (κ3) is 3.42. The molecule has 1 aliphatic heterocycles. The summed E-state index contributed by atoms with van der Waals surface area (Å²) < 4.78 is 39.5. The fourth-order valence-electron chi connectivity index (χ4n) is 2.07. The SMILES string of the molecule is N#Cc1cc(Br)c(NC2=CC(=O)N(CCO)C2=O)c(C(F)(F)F)c1. The van der Waals surface area contributed by atoms with E-state index in [1.165, 1.54) is 0 Å². The van der Waals surface area contributed by atoms with E-state index in [4.69, 9.17) is 10.4 Å². The highest BCUT2D eigenvalue weighted by molar-refractivity contribution is 9.10. The van der Waals surface area contributed by atoms with Crippen LogP contribution in [-0.4, -0.2) is 35.0 Å². The summed E-state index contributed by atoms with van der Waals surface area (Å²) in [4.78, 5) is 24.4. The van der Waals surface area contributed by atoms with Crippen molar-refractivity contribution in [1.82, 2.24) is 4.90 Å². The molecule has 10 heteroatoms. The number of imide groups is 1. The smallest absolute Gasteiger partial charge is 0.395 e. The van der Waals surface area contributed by atoms with Gasteiger partial charge in [-0.05, 0) is 28.1 Å². The predicted molar refractivity (Wildman–Crippen MR) is 79.4 cm³/mol. The molecule has 1 aromatic carbocycles. The fraction of sp³-hybridized carbons (Fsp3) is 0.214. The van der Waals surface area contributed by atoms with Crippen molar-refractivity contribution in [2.24, 2.45) is 0 Å². The number of nitrogens with one attached hydrogen (secondary N) is 1. The summed E-state index contributed by atoms with van der Waals surface area (Å²) >= 11 is 2.93. The van der Waals surface area contributed by atoms with E-state index < -0.39 is 35.8 Å². The van der Waals surface area contributed by atoms with Gasteiger partial charge in [0.15, 0.2) is 0 Å². The van der Waals surface area contributed by atoms with E-state index in [2.05, 4.69) is 21.2 Å². The predicted octanol–water partition coefficient (Wildman–Crippen LogP) is 2.00. The van der Waals surface area contributed by atoms with Gasteiger partial charge < -0.3 is 10.4 Å². The first-order valence-electron chi connectivity index (χ1n) is 6.45. The number of nitriles is 1. The van der Waals surface area contributed by atoms with Crippen molar-refractivity contribution in [1.29, 1.82) is 5.26 Å². The van der Waals surface area contributed by atoms with Gasteiger partial charge in [0.25, 0.3) is 11.8 Å². The highest BCUT2D eigenvalue weighted by Crippen LogP contribution is 2.40. The molecule has 6 nitrogen and oxygen atoms in total. The number of benzene rings is 1. The van der Waals surface area contributed by atoms with Gasteiger partial charge in [-0.1, -0.05) is 0 Å². The van der Waals surface area contributed by atoms with Crippen molar-refractivity contribution in [2.45, 2.75) is 6.18 Å². The molecule has 0 spiro atoms. The zero-order valence-electron chi connectivity index (χ0n) is 11.8. The summed E-state index contributed by atoms with van der Waals surface area (Å²) in [5.41, 5.74) is -2.22. The average molecular weight is 404 g/mol. The second-order valence-electron chi connectivity index (χ2n) is 4.69. The zero-order chi connectivity index (χ0) is 18.1. The molecule has 2 amide bonds. The van der Waals surface area contributed by atoms with Gasteiger partial charge in [-0.25, -0.2) is 0 Å². The van der Waals surface area contributed by atoms with E-state index in [-0.39, 0.29) is 22.3 Å². The van der Waals surface area contributed by atoms with Crippen molar-refractivity contribution < 1.29 is 27.9 Å². The van der Waals surface area contributed by atoms with Crippen LogP contribution in [0.2, 0.25) is 0 Å². The Hall–Kier alpha value is -2.38. The number of carbonyl (C=O) groups is 2. The van der Waals surface area contributed by atoms with E-state index in [1.807, 2.05) is 0 Å². The molecule has 1 aliphatic rings. The molecule has 0 unspecified atom stereocenters. The summed E-state index contributed by atoms with van der Waals surface area (Å²) in [7, 11) is 0. The molecule has 0 fully saturated rings. The molecule has 1 aromatic rings. The number of anilines is 1. The van der Waals surface area contributed by atoms with Crippen molar-refractivity contribution in [2.75, 3.05) is 18.5 Å². The van der Waals surface area contributed by atoms with Crippen LogP contribution in [-0.2, 0) is 15.8 Å². The minimum atomic E-state index is -4.78. The highest BCUT2D eigenvalue weighted by Gasteiger charge is 2.37. The Kier molecular flexibility index (Phi) is 4.96. The molecular weight excluding hydrogens is 395 g/mol. The molecule has 2 rings (SSSR count). The van der Waals surface area contributed by atoms with Gasteiger partial charge in [0, 0.05) is 10.5 Å². The normalized spacial score (nSPS) is 14.7. The Labute approximate surface area is 142 Å². The molecule has 24 heavy (non-hydrogen) atoms. The summed E-state index contributed by atoms with van der Waals surface area (Å²) in [5.74, 6) is -1.59. The number of halogens is 4. The second-order valence-corrected chi connectivity index (χ2v) is 5.55. The number of β-amino-alcohol motifs (C(OH)–C–C–N with tert-alkyl or cyclic N) is 1. The molecule has 126 valence electrons. The molecular formula is C14H9BrF3N3O3. The zero-order valence-corrected chi connectivity index (χ0v) is 13.4. The molecule has 0 radical (unpaired) electrons. The number of hydrogen-bond acceptors (Lipinski definition) is 5. The topological polar surface area (TPSA) is 93.4 Å². The maximum atomic E-state index is 13.2. The van der Waals surface area contributed by atoms with Gasteiger partial charge in [-0.15, -0.1) is 0 Å². The lowest BCUT2D eigenvalue weighted by Gasteiger charge is -2.18. The average Bonchev–Trinajstić information content (AvgIpc) is 2.76. The highest BCUT2D eigenvalue weighted by atomic mass is 79.9. The number of alkyl halides is 3. The number of rotatable bonds is 4. The fourth-order valence-corrected chi connectivity index (χ4v) is 2.63. The Morgan fingerprint density at radius 1 is 1.33 bits per heavy atom. The number of aliphatic hydroxyl groups excluding tert-OH is 1. The third-order valence-electron chi connectivity index (χ3n) is 3.12. The third-order valence-corrected chi connectivity index (χ3v) is 3.74. The van der Waals surface area contributed by atoms with E-state index in [0.717, 1.165) is 12.1 Å². The van der Waals surface area contributed by atoms with Gasteiger partial charge >= 0.3 is 6.18 Å². The van der Waals surface area contributed by atoms with Crippen LogP contribution in [0.15, 0.2) is 28.4 Å². The lowest BCUT2D eigenvalue weighted by molar-refractivity contribution is -0.138. The largest absolute Gasteiger partial charge is 0.418 e. The van der Waals surface area contributed by atoms with Gasteiger partial charge in [-0.2, -0.15) is 18.4 Å². The number of carbonyl (C=O) groups excluding carboxylic acids is 2. The Morgan fingerprint density at radius 2 is 2.00 bits per heavy atom. The van der Waals surface area contributed by atoms with Crippen molar-refractivity contribution in [3.63, 3.8) is 0 Å². The van der Waals surface area contributed by atoms with Gasteiger partial charge in [0.05, 0.1) is 36.0 Å². The maximum absolute atomic E-state index is 13.2. The Balaban J connectivity index is 2.44. The molecule has 2 N–H and O–H groups in total. The first-order valence-corrected chi connectivity index (χ1v) is 7.24. The number of amides is 2. The number of nitrogens with zero attached hydrogens (tertiary/aromatic N) is 2. The second kappa shape index (κ2) is 6.62. The standard InChI is InChI=1S/C14H9BrF3N3O3/c15-9-4-7(6-19)3-8(14(16,17)18)12(9)20-10-5-11(23)21(1-2-22)13(10)24/h3-5,20,22H,1-2H2. The van der Waals surface area contributed by atoms with Gasteiger partial charge in [0.2, 0.25) is 0 Å². The lowest BCUT2D eigenvalue weighted by atomic mass is 10.1. The van der Waals surface area contributed by atoms with Crippen molar-refractivity contribution in [3.8, 4) is 6.07 Å². The summed E-state index contributed by atoms with van der Waals surface area (Å²) in [6.07, 6.45) is -3.93. The molecule has 0 aromatic heterocycles. The Bertz CT molecular complexity index is 784. The van der Waals surface area contributed by atoms with E-state index in [9.17, 15) is 22.8 Å². The molecule has 0 bridgehead atoms. The lowest BCUT2D eigenvalue weighted by Crippen LogP contribution is -2.34. The van der Waals surface area contributed by atoms with E-state index in [1.54, 1.807) is 6.07 Å². The van der Waals surface area contributed by atoms with Crippen LogP contribution in [0.5, 0.6) is 0 Å². The number of aliphatic hydroxyl groups is 1. The first kappa shape index (κ1) is 18.0. The summed E-state index contributed by atoms with van der Waals surface area (Å²) in [5, 5.41) is 19.9. The summed E-state index contributed by atoms with van der Waals surface area (Å²) in [6.45, 7) is -0.729. The van der Waals surface area contributed by atoms with Gasteiger partial charge in [-0.3, -0.25) is 14.5 Å². The molecule has 0 aliphatic carbocycles. The van der Waals surface area contributed by atoms with Crippen LogP contribution in [0.1, 0.15) is 11.1 Å². The Morgan fingerprint density at radius 3 is 2.54 bits per heavy atom. The van der Waals surface area contributed by atoms with E-state index in [0.29, 0.717) is 11.0 Å². The minimum absolute atomic E-state index is 0.0874. The van der Waals surface area contributed by atoms with E-state index >= 15 is 0 Å². The van der Waals surface area contributed by atoms with Crippen LogP contribution in [0, 0.1) is 11.3 Å². The van der Waals surface area contributed by atoms with Crippen molar-refractivity contribution in [3.05, 3.63) is 39.5 Å². The molecule has 0 atom stereocenters. The molecule has 0 saturated heterocycles. The van der Waals surface area contributed by atoms with Crippen molar-refractivity contribution >= 4 is 33.4 Å². The molecule has 0 saturated carbocycles. The maximum Gasteiger partial charge on any atom is 0.418 e. The van der Waals surface area contributed by atoms with Crippen LogP contribution < -0.4 is 5.32 Å². The van der Waals surface area contributed by atoms with Crippen LogP contribution >= 0.6 is 15.9 Å². The first-order chi connectivity index (χ1) is 11.2. The van der Waals surface area contributed by atoms with Crippen LogP contribution in [0.3, 0.4) is 0 Å². The van der Waals surface area contributed by atoms with Crippen LogP contribution in [0.4, 0.5) is 18.9 Å². The minimum Gasteiger partial charge on any atom is -0.395 e. The quantitative estimate of drug-likeness (QED) is 0.749. The van der Waals surface area contributed by atoms with Crippen LogP contribution in [0.25, 0.3) is 0 Å². The van der Waals surface area contributed by atoms with Gasteiger partial charge in [0.1, 0.15) is 5.70 Å². The summed E-state index contributed by atoms with van der Waals surface area (Å²) in [6, 6.07) is 3.41.